The van der Waals surface area contributed by atoms with E-state index in [-0.39, 0.29) is 34.9 Å². The average molecular weight is 240 g/mol. The maximum atomic E-state index is 11.7. The summed E-state index contributed by atoms with van der Waals surface area (Å²) < 4.78 is 6.08. The molecule has 0 radical (unpaired) electrons. The highest BCUT2D eigenvalue weighted by Gasteiger charge is 2.61. The minimum Gasteiger partial charge on any atom is -0.390 e. The van der Waals surface area contributed by atoms with Crippen LogP contribution in [0.2, 0.25) is 0 Å². The quantitative estimate of drug-likeness (QED) is 0.820. The van der Waals surface area contributed by atoms with Crippen LogP contribution in [0.5, 0.6) is 0 Å². The van der Waals surface area contributed by atoms with Crippen molar-refractivity contribution in [3.8, 4) is 0 Å². The number of hydrogen-bond acceptors (Lipinski definition) is 3. The topological polar surface area (TPSA) is 46.5 Å². The molecule has 1 saturated carbocycles. The molecule has 0 aromatic rings. The molecule has 17 heavy (non-hydrogen) atoms. The maximum absolute atomic E-state index is 11.7. The van der Waals surface area contributed by atoms with E-state index in [0.717, 1.165) is 19.3 Å². The van der Waals surface area contributed by atoms with Gasteiger partial charge >= 0.3 is 0 Å². The van der Waals surface area contributed by atoms with E-state index >= 15 is 0 Å². The van der Waals surface area contributed by atoms with Crippen molar-refractivity contribution in [2.75, 3.05) is 0 Å². The number of carbonyl (C=O) groups is 1. The van der Waals surface area contributed by atoms with Crippen LogP contribution in [0.15, 0.2) is 0 Å². The zero-order valence-corrected chi connectivity index (χ0v) is 11.3. The first-order valence-electron chi connectivity index (χ1n) is 6.69. The molecular weight excluding hydrogens is 216 g/mol. The molecule has 1 aliphatic carbocycles. The summed E-state index contributed by atoms with van der Waals surface area (Å²) in [5, 5.41) is 10.2. The molecule has 0 spiro atoms. The normalized spacial score (nSPS) is 44.6. The standard InChI is InChI=1S/C14H24O3/c1-9(2)11(15)6-8-13(3)10-5-7-14(4,17-13)12(10)16/h9-10,12,16H,5-8H2,1-4H3/t10-,12-,13+,14+/m1/s1. The minimum atomic E-state index is -0.375. The number of aliphatic hydroxyl groups is 1. The van der Waals surface area contributed by atoms with Crippen molar-refractivity contribution in [3.63, 3.8) is 0 Å². The van der Waals surface area contributed by atoms with E-state index in [0.29, 0.717) is 6.42 Å². The van der Waals surface area contributed by atoms with Gasteiger partial charge in [-0.3, -0.25) is 4.79 Å². The molecule has 2 fully saturated rings. The van der Waals surface area contributed by atoms with E-state index in [1.54, 1.807) is 0 Å². The predicted molar refractivity (Wildman–Crippen MR) is 65.7 cm³/mol. The van der Waals surface area contributed by atoms with Crippen LogP contribution in [0, 0.1) is 11.8 Å². The van der Waals surface area contributed by atoms with Gasteiger partial charge in [0.1, 0.15) is 5.78 Å². The van der Waals surface area contributed by atoms with Crippen molar-refractivity contribution in [2.24, 2.45) is 11.8 Å². The Morgan fingerprint density at radius 2 is 2.12 bits per heavy atom. The molecule has 0 aromatic carbocycles. The molecule has 0 amide bonds. The molecule has 0 unspecified atom stereocenters. The van der Waals surface area contributed by atoms with Gasteiger partial charge in [-0.1, -0.05) is 13.8 Å². The van der Waals surface area contributed by atoms with Gasteiger partial charge < -0.3 is 9.84 Å². The molecule has 1 saturated heterocycles. The number of ether oxygens (including phenoxy) is 1. The summed E-state index contributed by atoms with van der Waals surface area (Å²) in [5.74, 6) is 0.586. The molecule has 3 nitrogen and oxygen atoms in total. The van der Waals surface area contributed by atoms with Crippen LogP contribution in [0.4, 0.5) is 0 Å². The molecule has 3 heteroatoms. The van der Waals surface area contributed by atoms with E-state index in [1.165, 1.54) is 0 Å². The first-order chi connectivity index (χ1) is 7.78. The smallest absolute Gasteiger partial charge is 0.135 e. The molecule has 1 heterocycles. The fourth-order valence-electron chi connectivity index (χ4n) is 3.43. The van der Waals surface area contributed by atoms with Crippen molar-refractivity contribution in [1.82, 2.24) is 0 Å². The zero-order valence-electron chi connectivity index (χ0n) is 11.3. The Labute approximate surface area is 104 Å². The molecule has 1 N–H and O–H groups in total. The van der Waals surface area contributed by atoms with Gasteiger partial charge in [0.15, 0.2) is 0 Å². The van der Waals surface area contributed by atoms with Crippen LogP contribution in [0.3, 0.4) is 0 Å². The summed E-state index contributed by atoms with van der Waals surface area (Å²) >= 11 is 0. The Hall–Kier alpha value is -0.410. The molecule has 2 rings (SSSR count). The summed E-state index contributed by atoms with van der Waals surface area (Å²) in [6.07, 6.45) is 2.90. The molecule has 2 aliphatic rings. The van der Waals surface area contributed by atoms with Crippen molar-refractivity contribution in [2.45, 2.75) is 70.7 Å². The third kappa shape index (κ3) is 2.04. The third-order valence-corrected chi connectivity index (χ3v) is 4.72. The first kappa shape index (κ1) is 13.0. The summed E-state index contributed by atoms with van der Waals surface area (Å²) in [5.41, 5.74) is -0.683. The molecule has 0 aromatic heterocycles. The second kappa shape index (κ2) is 4.06. The third-order valence-electron chi connectivity index (χ3n) is 4.72. The average Bonchev–Trinajstić information content (AvgIpc) is 2.61. The number of Topliss-reactive ketones (excluding diaryl/α,β-unsaturated/α-hetero) is 1. The maximum Gasteiger partial charge on any atom is 0.135 e. The number of hydrogen-bond donors (Lipinski definition) is 1. The van der Waals surface area contributed by atoms with E-state index in [4.69, 9.17) is 4.74 Å². The predicted octanol–water partition coefficient (Wildman–Crippen LogP) is 2.31. The largest absolute Gasteiger partial charge is 0.390 e. The highest BCUT2D eigenvalue weighted by Crippen LogP contribution is 2.54. The van der Waals surface area contributed by atoms with Gasteiger partial charge in [0.2, 0.25) is 0 Å². The lowest BCUT2D eigenvalue weighted by Gasteiger charge is -2.36. The van der Waals surface area contributed by atoms with E-state index in [9.17, 15) is 9.90 Å². The second-order valence-corrected chi connectivity index (χ2v) is 6.44. The molecule has 1 aliphatic heterocycles. The fourth-order valence-corrected chi connectivity index (χ4v) is 3.43. The molecule has 4 atom stereocenters. The summed E-state index contributed by atoms with van der Waals surface area (Å²) in [4.78, 5) is 11.7. The minimum absolute atomic E-state index is 0.0951. The highest BCUT2D eigenvalue weighted by molar-refractivity contribution is 5.80. The number of carbonyl (C=O) groups excluding carboxylic acids is 1. The Morgan fingerprint density at radius 3 is 2.53 bits per heavy atom. The number of aliphatic hydroxyl groups excluding tert-OH is 1. The van der Waals surface area contributed by atoms with Crippen LogP contribution in [0.1, 0.15) is 53.4 Å². The van der Waals surface area contributed by atoms with E-state index in [1.807, 2.05) is 20.8 Å². The lowest BCUT2D eigenvalue weighted by molar-refractivity contribution is -0.139. The van der Waals surface area contributed by atoms with Crippen LogP contribution in [0.25, 0.3) is 0 Å². The van der Waals surface area contributed by atoms with Gasteiger partial charge in [0.05, 0.1) is 17.3 Å². The van der Waals surface area contributed by atoms with Crippen LogP contribution >= 0.6 is 0 Å². The SMILES string of the molecule is CC(C)C(=O)CC[C@]1(C)O[C@@]2(C)CC[C@@H]1[C@H]2O. The second-order valence-electron chi connectivity index (χ2n) is 6.44. The Kier molecular flexibility index (Phi) is 3.11. The molecule has 98 valence electrons. The lowest BCUT2D eigenvalue weighted by atomic mass is 9.82. The van der Waals surface area contributed by atoms with Crippen molar-refractivity contribution in [3.05, 3.63) is 0 Å². The first-order valence-corrected chi connectivity index (χ1v) is 6.69. The zero-order chi connectivity index (χ0) is 12.8. The lowest BCUT2D eigenvalue weighted by Crippen LogP contribution is -2.39. The fraction of sp³-hybridized carbons (Fsp3) is 0.929. The van der Waals surface area contributed by atoms with Gasteiger partial charge in [0, 0.05) is 18.3 Å². The van der Waals surface area contributed by atoms with Crippen molar-refractivity contribution < 1.29 is 14.6 Å². The highest BCUT2D eigenvalue weighted by atomic mass is 16.6. The van der Waals surface area contributed by atoms with Gasteiger partial charge in [-0.2, -0.15) is 0 Å². The number of fused-ring (bicyclic) bond motifs is 2. The Morgan fingerprint density at radius 1 is 1.47 bits per heavy atom. The van der Waals surface area contributed by atoms with Crippen molar-refractivity contribution in [1.29, 1.82) is 0 Å². The van der Waals surface area contributed by atoms with Crippen LogP contribution in [-0.4, -0.2) is 28.2 Å². The summed E-state index contributed by atoms with van der Waals surface area (Å²) in [7, 11) is 0. The summed E-state index contributed by atoms with van der Waals surface area (Å²) in [6, 6.07) is 0. The van der Waals surface area contributed by atoms with Gasteiger partial charge in [-0.15, -0.1) is 0 Å². The van der Waals surface area contributed by atoms with E-state index < -0.39 is 0 Å². The van der Waals surface area contributed by atoms with Gasteiger partial charge in [-0.05, 0) is 33.1 Å². The number of rotatable bonds is 4. The molecule has 2 bridgehead atoms. The molecular formula is C14H24O3. The monoisotopic (exact) mass is 240 g/mol. The Bertz CT molecular complexity index is 325. The summed E-state index contributed by atoms with van der Waals surface area (Å²) in [6.45, 7) is 7.91. The Balaban J connectivity index is 2.00. The number of ketones is 1. The van der Waals surface area contributed by atoms with Gasteiger partial charge in [-0.25, -0.2) is 0 Å². The van der Waals surface area contributed by atoms with Crippen LogP contribution in [-0.2, 0) is 9.53 Å². The van der Waals surface area contributed by atoms with Crippen molar-refractivity contribution >= 4 is 5.78 Å². The van der Waals surface area contributed by atoms with Gasteiger partial charge in [0.25, 0.3) is 0 Å². The van der Waals surface area contributed by atoms with E-state index in [2.05, 4.69) is 6.92 Å². The van der Waals surface area contributed by atoms with Crippen LogP contribution < -0.4 is 0 Å².